The minimum absolute atomic E-state index is 0.132. The van der Waals surface area contributed by atoms with Gasteiger partial charge in [0, 0.05) is 24.0 Å². The molecule has 0 spiro atoms. The third-order valence-corrected chi connectivity index (χ3v) is 8.43. The first kappa shape index (κ1) is 22.7. The van der Waals surface area contributed by atoms with Crippen molar-refractivity contribution in [3.05, 3.63) is 65.5 Å². The highest BCUT2D eigenvalue weighted by atomic mass is 32.2. The first-order valence-electron chi connectivity index (χ1n) is 11.3. The third-order valence-electron chi connectivity index (χ3n) is 6.61. The Morgan fingerprint density at radius 1 is 1.12 bits per heavy atom. The molecule has 1 aromatic carbocycles. The number of pyridine rings is 1. The molecule has 4 heterocycles. The predicted molar refractivity (Wildman–Crippen MR) is 123 cm³/mol. The van der Waals surface area contributed by atoms with E-state index in [2.05, 4.69) is 15.1 Å². The molecule has 1 unspecified atom stereocenters. The number of sulfonamides is 1. The topological polar surface area (TPSA) is 95.8 Å². The summed E-state index contributed by atoms with van der Waals surface area (Å²) in [6.45, 7) is 1.81. The maximum atomic E-state index is 14.5. The Bertz CT molecular complexity index is 1340. The summed E-state index contributed by atoms with van der Waals surface area (Å²) in [5.41, 5.74) is 1.57. The Kier molecular flexibility index (Phi) is 5.98. The smallest absolute Gasteiger partial charge is 0.268 e. The van der Waals surface area contributed by atoms with Crippen molar-refractivity contribution < 1.29 is 22.0 Å². The monoisotopic (exact) mass is 489 g/mol. The van der Waals surface area contributed by atoms with E-state index in [4.69, 9.17) is 0 Å². The number of fused-ring (bicyclic) bond motifs is 1. The van der Waals surface area contributed by atoms with Gasteiger partial charge in [-0.3, -0.25) is 4.79 Å². The van der Waals surface area contributed by atoms with Crippen molar-refractivity contribution in [3.8, 4) is 0 Å². The summed E-state index contributed by atoms with van der Waals surface area (Å²) in [6.07, 6.45) is 5.34. The number of piperidine rings is 1. The molecule has 11 heteroatoms. The fourth-order valence-corrected chi connectivity index (χ4v) is 6.26. The summed E-state index contributed by atoms with van der Waals surface area (Å²) >= 11 is 0. The quantitative estimate of drug-likeness (QED) is 0.572. The molecule has 8 nitrogen and oxygen atoms in total. The second kappa shape index (κ2) is 8.95. The lowest BCUT2D eigenvalue weighted by Crippen LogP contribution is -2.43. The van der Waals surface area contributed by atoms with Gasteiger partial charge in [-0.15, -0.1) is 0 Å². The highest BCUT2D eigenvalue weighted by molar-refractivity contribution is 7.90. The van der Waals surface area contributed by atoms with Crippen LogP contribution in [0.25, 0.3) is 5.52 Å². The summed E-state index contributed by atoms with van der Waals surface area (Å²) in [5, 5.41) is 6.66. The number of benzene rings is 1. The molecule has 2 aromatic heterocycles. The second-order valence-corrected chi connectivity index (χ2v) is 10.7. The Labute approximate surface area is 196 Å². The first-order valence-corrected chi connectivity index (χ1v) is 12.8. The summed E-state index contributed by atoms with van der Waals surface area (Å²) in [5.74, 6) is -1.70. The number of amides is 1. The third kappa shape index (κ3) is 4.25. The predicted octanol–water partition coefficient (Wildman–Crippen LogP) is 2.77. The lowest BCUT2D eigenvalue weighted by atomic mass is 10.0. The van der Waals surface area contributed by atoms with Crippen molar-refractivity contribution >= 4 is 27.1 Å². The highest BCUT2D eigenvalue weighted by Gasteiger charge is 2.31. The fraction of sp³-hybridized carbons (Fsp3) is 0.391. The van der Waals surface area contributed by atoms with Crippen LogP contribution in [0.1, 0.15) is 47.6 Å². The molecule has 0 radical (unpaired) electrons. The van der Waals surface area contributed by atoms with Crippen molar-refractivity contribution in [2.45, 2.75) is 37.0 Å². The number of nitrogens with zero attached hydrogens (tertiary/aromatic N) is 3. The van der Waals surface area contributed by atoms with Crippen molar-refractivity contribution in [2.75, 3.05) is 24.5 Å². The number of anilines is 1. The van der Waals surface area contributed by atoms with Crippen LogP contribution >= 0.6 is 0 Å². The van der Waals surface area contributed by atoms with Crippen molar-refractivity contribution in [1.29, 1.82) is 0 Å². The summed E-state index contributed by atoms with van der Waals surface area (Å²) in [7, 11) is -3.82. The maximum absolute atomic E-state index is 14.5. The minimum Gasteiger partial charge on any atom is -0.364 e. The van der Waals surface area contributed by atoms with Gasteiger partial charge in [0.2, 0.25) is 10.0 Å². The summed E-state index contributed by atoms with van der Waals surface area (Å²) < 4.78 is 57.4. The molecule has 180 valence electrons. The summed E-state index contributed by atoms with van der Waals surface area (Å²) in [4.78, 5) is 14.9. The number of nitrogens with one attached hydrogen (secondary N) is 2. The maximum Gasteiger partial charge on any atom is 0.268 e. The van der Waals surface area contributed by atoms with Crippen LogP contribution in [0.2, 0.25) is 0 Å². The SMILES string of the molecule is O=C(NS(=O)(=O)C1CCNCC1)c1cnn2ccc(N3CCCC3c3cc(F)ccc3F)cc12. The van der Waals surface area contributed by atoms with Gasteiger partial charge in [-0.1, -0.05) is 0 Å². The van der Waals surface area contributed by atoms with E-state index >= 15 is 0 Å². The van der Waals surface area contributed by atoms with Gasteiger partial charge in [0.05, 0.1) is 28.6 Å². The molecule has 1 atom stereocenters. The van der Waals surface area contributed by atoms with E-state index in [9.17, 15) is 22.0 Å². The van der Waals surface area contributed by atoms with E-state index in [0.717, 1.165) is 24.2 Å². The van der Waals surface area contributed by atoms with Crippen molar-refractivity contribution in [2.24, 2.45) is 0 Å². The molecule has 0 saturated carbocycles. The van der Waals surface area contributed by atoms with Gasteiger partial charge in [0.25, 0.3) is 5.91 Å². The second-order valence-electron chi connectivity index (χ2n) is 8.72. The van der Waals surface area contributed by atoms with Gasteiger partial charge in [0.1, 0.15) is 11.6 Å². The van der Waals surface area contributed by atoms with Crippen LogP contribution in [0.5, 0.6) is 0 Å². The number of hydrogen-bond donors (Lipinski definition) is 2. The average molecular weight is 490 g/mol. The first-order chi connectivity index (χ1) is 16.3. The molecule has 2 N–H and O–H groups in total. The lowest BCUT2D eigenvalue weighted by molar-refractivity contribution is 0.0982. The zero-order valence-corrected chi connectivity index (χ0v) is 19.2. The molecular formula is C23H25F2N5O3S. The Morgan fingerprint density at radius 3 is 2.71 bits per heavy atom. The lowest BCUT2D eigenvalue weighted by Gasteiger charge is -2.27. The molecule has 3 aromatic rings. The number of halogens is 2. The van der Waals surface area contributed by atoms with Gasteiger partial charge in [0.15, 0.2) is 0 Å². The zero-order valence-electron chi connectivity index (χ0n) is 18.4. The van der Waals surface area contributed by atoms with Gasteiger partial charge in [-0.25, -0.2) is 26.4 Å². The number of aromatic nitrogens is 2. The number of rotatable bonds is 5. The number of carbonyl (C=O) groups excluding carboxylic acids is 1. The molecule has 2 aliphatic heterocycles. The molecule has 2 fully saturated rings. The highest BCUT2D eigenvalue weighted by Crippen LogP contribution is 2.38. The standard InChI is InChI=1S/C23H25F2N5O3S/c24-15-3-4-20(25)18(12-15)21-2-1-10-29(21)16-7-11-30-22(13-16)19(14-27-30)23(31)28-34(32,33)17-5-8-26-9-6-17/h3-4,7,11-14,17,21,26H,1-2,5-6,8-10H2,(H,28,31). The summed E-state index contributed by atoms with van der Waals surface area (Å²) in [6, 6.07) is 6.63. The average Bonchev–Trinajstić information content (AvgIpc) is 3.48. The molecular weight excluding hydrogens is 464 g/mol. The van der Waals surface area contributed by atoms with E-state index in [1.165, 1.54) is 16.8 Å². The van der Waals surface area contributed by atoms with E-state index in [1.54, 1.807) is 18.3 Å². The van der Waals surface area contributed by atoms with E-state index in [0.29, 0.717) is 44.4 Å². The Hall–Kier alpha value is -3.05. The van der Waals surface area contributed by atoms with E-state index in [1.807, 2.05) is 4.90 Å². The van der Waals surface area contributed by atoms with Crippen LogP contribution in [0.3, 0.4) is 0 Å². The molecule has 34 heavy (non-hydrogen) atoms. The molecule has 2 saturated heterocycles. The van der Waals surface area contributed by atoms with Crippen LogP contribution in [-0.4, -0.2) is 48.8 Å². The molecule has 1 amide bonds. The van der Waals surface area contributed by atoms with Crippen LogP contribution in [0.4, 0.5) is 14.5 Å². The van der Waals surface area contributed by atoms with E-state index in [-0.39, 0.29) is 17.2 Å². The fourth-order valence-electron chi connectivity index (χ4n) is 4.87. The van der Waals surface area contributed by atoms with E-state index < -0.39 is 32.8 Å². The van der Waals surface area contributed by atoms with Crippen LogP contribution in [-0.2, 0) is 10.0 Å². The van der Waals surface area contributed by atoms with Crippen molar-refractivity contribution in [3.63, 3.8) is 0 Å². The van der Waals surface area contributed by atoms with Gasteiger partial charge < -0.3 is 10.2 Å². The number of hydrogen-bond acceptors (Lipinski definition) is 6. The van der Waals surface area contributed by atoms with Crippen LogP contribution in [0, 0.1) is 11.6 Å². The Balaban J connectivity index is 1.44. The minimum atomic E-state index is -3.82. The van der Waals surface area contributed by atoms with Crippen LogP contribution in [0.15, 0.2) is 42.7 Å². The van der Waals surface area contributed by atoms with Gasteiger partial charge >= 0.3 is 0 Å². The largest absolute Gasteiger partial charge is 0.364 e. The molecule has 0 bridgehead atoms. The van der Waals surface area contributed by atoms with Crippen LogP contribution < -0.4 is 14.9 Å². The molecule has 2 aliphatic rings. The van der Waals surface area contributed by atoms with Gasteiger partial charge in [-0.2, -0.15) is 5.10 Å². The number of carbonyl (C=O) groups is 1. The molecule has 0 aliphatic carbocycles. The van der Waals surface area contributed by atoms with Crippen molar-refractivity contribution in [1.82, 2.24) is 19.7 Å². The Morgan fingerprint density at radius 2 is 1.91 bits per heavy atom. The zero-order chi connectivity index (χ0) is 23.9. The molecule has 5 rings (SSSR count). The normalized spacial score (nSPS) is 19.6. The van der Waals surface area contributed by atoms with Gasteiger partial charge in [-0.05, 0) is 69.1 Å².